The Bertz CT molecular complexity index is 1090. The molecule has 3 aromatic rings. The predicted molar refractivity (Wildman–Crippen MR) is 118 cm³/mol. The van der Waals surface area contributed by atoms with Crippen LogP contribution in [0.1, 0.15) is 21.7 Å². The third-order valence-electron chi connectivity index (χ3n) is 4.19. The summed E-state index contributed by atoms with van der Waals surface area (Å²) < 4.78 is 11.2. The van der Waals surface area contributed by atoms with E-state index in [0.29, 0.717) is 28.6 Å². The molecule has 1 aliphatic heterocycles. The van der Waals surface area contributed by atoms with Gasteiger partial charge >= 0.3 is 0 Å². The first-order valence-electron chi connectivity index (χ1n) is 8.99. The molecule has 1 aromatic heterocycles. The van der Waals surface area contributed by atoms with Gasteiger partial charge in [0.15, 0.2) is 4.32 Å². The van der Waals surface area contributed by atoms with Crippen molar-refractivity contribution in [2.24, 2.45) is 0 Å². The van der Waals surface area contributed by atoms with Crippen molar-refractivity contribution < 1.29 is 18.7 Å². The number of hydrogen-bond donors (Lipinski definition) is 1. The van der Waals surface area contributed by atoms with Crippen LogP contribution in [0.5, 0.6) is 5.75 Å². The average Bonchev–Trinajstić information content (AvgIpc) is 3.37. The van der Waals surface area contributed by atoms with Crippen molar-refractivity contribution in [3.05, 3.63) is 94.8 Å². The van der Waals surface area contributed by atoms with Crippen LogP contribution < -0.4 is 10.2 Å². The lowest BCUT2D eigenvalue weighted by Gasteiger charge is -2.15. The molecular weight excluding hydrogens is 420 g/mol. The first kappa shape index (κ1) is 19.9. The van der Waals surface area contributed by atoms with E-state index in [9.17, 15) is 9.59 Å². The van der Waals surface area contributed by atoms with Crippen molar-refractivity contribution in [2.75, 3.05) is 0 Å². The van der Waals surface area contributed by atoms with Crippen molar-refractivity contribution in [3.8, 4) is 5.75 Å². The van der Waals surface area contributed by atoms with Crippen LogP contribution >= 0.6 is 24.0 Å². The Kier molecular flexibility index (Phi) is 5.97. The molecule has 1 fully saturated rings. The van der Waals surface area contributed by atoms with Crippen molar-refractivity contribution >= 4 is 46.2 Å². The largest absolute Gasteiger partial charge is 0.489 e. The molecule has 0 unspecified atom stereocenters. The second kappa shape index (κ2) is 8.98. The Morgan fingerprint density at radius 3 is 2.57 bits per heavy atom. The zero-order valence-corrected chi connectivity index (χ0v) is 17.2. The number of ether oxygens (including phenoxy) is 1. The minimum Gasteiger partial charge on any atom is -0.489 e. The van der Waals surface area contributed by atoms with Crippen molar-refractivity contribution in [3.63, 3.8) is 0 Å². The molecule has 8 heteroatoms. The average molecular weight is 437 g/mol. The maximum absolute atomic E-state index is 12.6. The minimum atomic E-state index is -0.444. The number of nitrogens with zero attached hydrogens (tertiary/aromatic N) is 1. The molecule has 30 heavy (non-hydrogen) atoms. The molecule has 4 rings (SSSR count). The molecule has 2 heterocycles. The van der Waals surface area contributed by atoms with Gasteiger partial charge in [0.2, 0.25) is 0 Å². The Hall–Kier alpha value is -3.36. The second-order valence-corrected chi connectivity index (χ2v) is 7.95. The van der Waals surface area contributed by atoms with Gasteiger partial charge in [-0.15, -0.1) is 0 Å². The van der Waals surface area contributed by atoms with Crippen LogP contribution in [-0.4, -0.2) is 21.1 Å². The van der Waals surface area contributed by atoms with Gasteiger partial charge in [0.05, 0.1) is 11.2 Å². The predicted octanol–water partition coefficient (Wildman–Crippen LogP) is 4.40. The highest BCUT2D eigenvalue weighted by atomic mass is 32.2. The molecule has 150 valence electrons. The van der Waals surface area contributed by atoms with Gasteiger partial charge < -0.3 is 9.15 Å². The Balaban J connectivity index is 1.37. The first-order chi connectivity index (χ1) is 14.6. The monoisotopic (exact) mass is 436 g/mol. The van der Waals surface area contributed by atoms with Gasteiger partial charge in [0, 0.05) is 11.6 Å². The van der Waals surface area contributed by atoms with E-state index < -0.39 is 11.8 Å². The van der Waals surface area contributed by atoms with Crippen LogP contribution in [0, 0.1) is 0 Å². The second-order valence-electron chi connectivity index (χ2n) is 6.27. The molecule has 0 saturated carbocycles. The Labute approximate surface area is 182 Å². The van der Waals surface area contributed by atoms with Gasteiger partial charge in [0.1, 0.15) is 18.1 Å². The van der Waals surface area contributed by atoms with Crippen LogP contribution in [0.25, 0.3) is 6.08 Å². The minimum absolute atomic E-state index is 0.244. The van der Waals surface area contributed by atoms with E-state index in [-0.39, 0.29) is 4.32 Å². The molecule has 0 aliphatic carbocycles. The third-order valence-corrected chi connectivity index (χ3v) is 5.49. The lowest BCUT2D eigenvalue weighted by Crippen LogP contribution is -2.44. The quantitative estimate of drug-likeness (QED) is 0.456. The van der Waals surface area contributed by atoms with Gasteiger partial charge in [0.25, 0.3) is 11.8 Å². The van der Waals surface area contributed by atoms with Gasteiger partial charge in [-0.05, 0) is 54.2 Å². The lowest BCUT2D eigenvalue weighted by molar-refractivity contribution is -0.123. The smallest absolute Gasteiger partial charge is 0.285 e. The van der Waals surface area contributed by atoms with E-state index in [1.807, 2.05) is 30.3 Å². The van der Waals surface area contributed by atoms with E-state index in [1.165, 1.54) is 6.26 Å². The summed E-state index contributed by atoms with van der Waals surface area (Å²) >= 11 is 6.32. The molecule has 0 atom stereocenters. The molecule has 2 aromatic carbocycles. The zero-order valence-electron chi connectivity index (χ0n) is 15.6. The van der Waals surface area contributed by atoms with E-state index in [0.717, 1.165) is 22.3 Å². The van der Waals surface area contributed by atoms with Crippen LogP contribution in [0.3, 0.4) is 0 Å². The molecular formula is C22H16N2O4S2. The molecule has 0 bridgehead atoms. The number of carbonyl (C=O) groups is 2. The number of furan rings is 1. The summed E-state index contributed by atoms with van der Waals surface area (Å²) in [5.74, 6) is 0.327. The van der Waals surface area contributed by atoms with Crippen LogP contribution in [0.15, 0.2) is 82.3 Å². The summed E-state index contributed by atoms with van der Waals surface area (Å²) in [6.07, 6.45) is 3.10. The van der Waals surface area contributed by atoms with Crippen molar-refractivity contribution in [1.82, 2.24) is 10.4 Å². The molecule has 6 nitrogen and oxygen atoms in total. The standard InChI is InChI=1S/C22H16N2O4S2/c25-20(16-8-10-17(11-9-16)28-14-15-5-2-1-3-6-15)23-24-21(26)19(30-22(24)29)13-18-7-4-12-27-18/h1-13H,14H2,(H,23,25)/b19-13-. The Morgan fingerprint density at radius 2 is 1.87 bits per heavy atom. The van der Waals surface area contributed by atoms with E-state index in [4.69, 9.17) is 21.4 Å². The first-order valence-corrected chi connectivity index (χ1v) is 10.2. The SMILES string of the molecule is O=C(NN1C(=O)/C(=C/c2ccco2)SC1=S)c1ccc(OCc2ccccc2)cc1. The van der Waals surface area contributed by atoms with Gasteiger partial charge in [-0.3, -0.25) is 15.0 Å². The normalized spacial score (nSPS) is 14.9. The van der Waals surface area contributed by atoms with Crippen LogP contribution in [-0.2, 0) is 11.4 Å². The number of benzene rings is 2. The number of thioether (sulfide) groups is 1. The summed E-state index contributed by atoms with van der Waals surface area (Å²) in [6.45, 7) is 0.435. The number of hydrogen-bond acceptors (Lipinski definition) is 6. The number of thiocarbonyl (C=S) groups is 1. The maximum atomic E-state index is 12.6. The fourth-order valence-electron chi connectivity index (χ4n) is 2.68. The van der Waals surface area contributed by atoms with E-state index in [1.54, 1.807) is 42.5 Å². The number of amides is 2. The van der Waals surface area contributed by atoms with Crippen LogP contribution in [0.2, 0.25) is 0 Å². The third kappa shape index (κ3) is 4.61. The summed E-state index contributed by atoms with van der Waals surface area (Å²) in [4.78, 5) is 25.5. The van der Waals surface area contributed by atoms with Gasteiger partial charge in [-0.25, -0.2) is 0 Å². The molecule has 1 saturated heterocycles. The summed E-state index contributed by atoms with van der Waals surface area (Å²) in [7, 11) is 0. The summed E-state index contributed by atoms with van der Waals surface area (Å²) in [5.41, 5.74) is 3.98. The highest BCUT2D eigenvalue weighted by Gasteiger charge is 2.34. The Morgan fingerprint density at radius 1 is 1.10 bits per heavy atom. The van der Waals surface area contributed by atoms with Crippen molar-refractivity contribution in [2.45, 2.75) is 6.61 Å². The van der Waals surface area contributed by atoms with E-state index >= 15 is 0 Å². The fraction of sp³-hybridized carbons (Fsp3) is 0.0455. The molecule has 0 radical (unpaired) electrons. The number of rotatable bonds is 6. The molecule has 0 spiro atoms. The van der Waals surface area contributed by atoms with Crippen LogP contribution in [0.4, 0.5) is 0 Å². The summed E-state index contributed by atoms with van der Waals surface area (Å²) in [6, 6.07) is 19.9. The molecule has 2 amide bonds. The lowest BCUT2D eigenvalue weighted by atomic mass is 10.2. The summed E-state index contributed by atoms with van der Waals surface area (Å²) in [5, 5.41) is 1.07. The van der Waals surface area contributed by atoms with Gasteiger partial charge in [-0.1, -0.05) is 42.1 Å². The van der Waals surface area contributed by atoms with Gasteiger partial charge in [-0.2, -0.15) is 5.01 Å². The van der Waals surface area contributed by atoms with E-state index in [2.05, 4.69) is 5.43 Å². The van der Waals surface area contributed by atoms with Crippen molar-refractivity contribution in [1.29, 1.82) is 0 Å². The number of nitrogens with one attached hydrogen (secondary N) is 1. The number of hydrazine groups is 1. The maximum Gasteiger partial charge on any atom is 0.285 e. The number of carbonyl (C=O) groups excluding carboxylic acids is 2. The highest BCUT2D eigenvalue weighted by Crippen LogP contribution is 2.31. The zero-order chi connectivity index (χ0) is 20.9. The fourth-order valence-corrected chi connectivity index (χ4v) is 3.84. The topological polar surface area (TPSA) is 71.8 Å². The molecule has 1 aliphatic rings. The molecule has 1 N–H and O–H groups in total. The highest BCUT2D eigenvalue weighted by molar-refractivity contribution is 8.26.